The topological polar surface area (TPSA) is 79.7 Å². The van der Waals surface area contributed by atoms with Gasteiger partial charge in [-0.15, -0.1) is 22.1 Å². The van der Waals surface area contributed by atoms with Gasteiger partial charge in [0.15, 0.2) is 0 Å². The highest BCUT2D eigenvalue weighted by molar-refractivity contribution is 8.93. The van der Waals surface area contributed by atoms with Gasteiger partial charge in [0.2, 0.25) is 6.19 Å². The molecule has 0 N–H and O–H groups in total. The molecule has 0 aliphatic carbocycles. The van der Waals surface area contributed by atoms with Crippen molar-refractivity contribution in [1.29, 1.82) is 5.26 Å². The Morgan fingerprint density at radius 3 is 2.50 bits per heavy atom. The van der Waals surface area contributed by atoms with Crippen LogP contribution in [0.4, 0.5) is 0 Å². The summed E-state index contributed by atoms with van der Waals surface area (Å²) >= 11 is 0. The van der Waals surface area contributed by atoms with Crippen LogP contribution in [0.1, 0.15) is 5.56 Å². The Labute approximate surface area is 102 Å². The minimum atomic E-state index is 0. The molecule has 0 fully saturated rings. The van der Waals surface area contributed by atoms with E-state index >= 15 is 0 Å². The molecule has 1 heterocycles. The maximum Gasteiger partial charge on any atom is 0.226 e. The van der Waals surface area contributed by atoms with Gasteiger partial charge in [-0.05, 0) is 26.5 Å². The number of hydrogen-bond donors (Lipinski definition) is 0. The second kappa shape index (κ2) is 5.77. The van der Waals surface area contributed by atoms with E-state index in [9.17, 15) is 0 Å². The largest absolute Gasteiger partial charge is 0.226 e. The molecule has 0 radical (unpaired) electrons. The lowest BCUT2D eigenvalue weighted by molar-refractivity contribution is -0.00792. The number of benzene rings is 1. The summed E-state index contributed by atoms with van der Waals surface area (Å²) in [5.74, 6) is 0. The first kappa shape index (κ1) is 12.1. The molecule has 0 spiro atoms. The molecular formula is C8H8BrN7. The molecule has 0 amide bonds. The van der Waals surface area contributed by atoms with Crippen molar-refractivity contribution in [3.63, 3.8) is 0 Å². The lowest BCUT2D eigenvalue weighted by atomic mass is 10.2. The van der Waals surface area contributed by atoms with E-state index in [1.165, 1.54) is 5.12 Å². The quantitative estimate of drug-likeness (QED) is 0.781. The fourth-order valence-electron chi connectivity index (χ4n) is 1.12. The molecule has 1 aromatic rings. The van der Waals surface area contributed by atoms with Crippen LogP contribution >= 0.6 is 17.0 Å². The Morgan fingerprint density at radius 2 is 1.81 bits per heavy atom. The van der Waals surface area contributed by atoms with Crippen LogP contribution < -0.4 is 0 Å². The standard InChI is InChI=1S/C8H7N7.BrH/c9-7-15-13-11-10-12-14(15)6-8-4-2-1-3-5-8;/h1-5H,6H2;1H. The average Bonchev–Trinajstić information content (AvgIpc) is 2.31. The minimum Gasteiger partial charge on any atom is -0.169 e. The Bertz CT molecular complexity index is 424. The van der Waals surface area contributed by atoms with Gasteiger partial charge in [-0.25, -0.2) is 0 Å². The van der Waals surface area contributed by atoms with Crippen molar-refractivity contribution in [3.8, 4) is 6.19 Å². The number of halogens is 1. The molecule has 16 heavy (non-hydrogen) atoms. The van der Waals surface area contributed by atoms with Crippen molar-refractivity contribution in [2.24, 2.45) is 20.9 Å². The van der Waals surface area contributed by atoms with Crippen LogP contribution in [0, 0.1) is 11.5 Å². The van der Waals surface area contributed by atoms with Crippen molar-refractivity contribution in [1.82, 2.24) is 10.2 Å². The molecule has 0 bridgehead atoms. The van der Waals surface area contributed by atoms with Gasteiger partial charge in [-0.3, -0.25) is 0 Å². The van der Waals surface area contributed by atoms with E-state index in [4.69, 9.17) is 5.26 Å². The summed E-state index contributed by atoms with van der Waals surface area (Å²) in [7, 11) is 0. The molecule has 0 aromatic heterocycles. The van der Waals surface area contributed by atoms with Crippen molar-refractivity contribution in [2.75, 3.05) is 0 Å². The van der Waals surface area contributed by atoms with Gasteiger partial charge in [0.05, 0.1) is 6.54 Å². The van der Waals surface area contributed by atoms with E-state index in [1.54, 1.807) is 0 Å². The summed E-state index contributed by atoms with van der Waals surface area (Å²) < 4.78 is 0. The summed E-state index contributed by atoms with van der Waals surface area (Å²) in [5, 5.41) is 24.8. The van der Waals surface area contributed by atoms with Gasteiger partial charge < -0.3 is 0 Å². The third kappa shape index (κ3) is 2.74. The molecule has 1 aliphatic heterocycles. The maximum absolute atomic E-state index is 8.72. The third-order valence-corrected chi connectivity index (χ3v) is 1.78. The summed E-state index contributed by atoms with van der Waals surface area (Å²) in [6, 6.07) is 9.60. The van der Waals surface area contributed by atoms with Crippen molar-refractivity contribution in [3.05, 3.63) is 35.9 Å². The highest BCUT2D eigenvalue weighted by Crippen LogP contribution is 2.11. The number of rotatable bonds is 2. The molecule has 7 nitrogen and oxygen atoms in total. The van der Waals surface area contributed by atoms with E-state index in [1.807, 2.05) is 36.5 Å². The zero-order valence-corrected chi connectivity index (χ0v) is 9.85. The SMILES string of the molecule is Br.N#CN1N=NN=NN1Cc1ccccc1. The predicted octanol–water partition coefficient (Wildman–Crippen LogP) is 2.43. The van der Waals surface area contributed by atoms with Crippen LogP contribution in [-0.4, -0.2) is 10.2 Å². The Balaban J connectivity index is 0.00000128. The molecule has 2 rings (SSSR count). The molecule has 82 valence electrons. The lowest BCUT2D eigenvalue weighted by Gasteiger charge is -2.21. The van der Waals surface area contributed by atoms with Crippen molar-refractivity contribution >= 4 is 17.0 Å². The summed E-state index contributed by atoms with van der Waals surface area (Å²) in [6.07, 6.45) is 1.82. The third-order valence-electron chi connectivity index (χ3n) is 1.78. The fraction of sp³-hybridized carbons (Fsp3) is 0.125. The Kier molecular flexibility index (Phi) is 4.35. The Morgan fingerprint density at radius 1 is 1.12 bits per heavy atom. The van der Waals surface area contributed by atoms with Crippen LogP contribution in [0.25, 0.3) is 0 Å². The second-order valence-corrected chi connectivity index (χ2v) is 2.76. The Hall–Kier alpha value is -2.01. The van der Waals surface area contributed by atoms with E-state index < -0.39 is 0 Å². The summed E-state index contributed by atoms with van der Waals surface area (Å²) in [6.45, 7) is 0.428. The van der Waals surface area contributed by atoms with Gasteiger partial charge in [-0.2, -0.15) is 5.26 Å². The van der Waals surface area contributed by atoms with Gasteiger partial charge in [0.1, 0.15) is 0 Å². The second-order valence-electron chi connectivity index (χ2n) is 2.76. The number of hydrazine groups is 1. The zero-order chi connectivity index (χ0) is 10.5. The van der Waals surface area contributed by atoms with Gasteiger partial charge in [0, 0.05) is 0 Å². The van der Waals surface area contributed by atoms with Crippen LogP contribution in [0.15, 0.2) is 51.2 Å². The van der Waals surface area contributed by atoms with Crippen molar-refractivity contribution < 1.29 is 0 Å². The van der Waals surface area contributed by atoms with Crippen LogP contribution in [0.3, 0.4) is 0 Å². The number of hydrogen-bond acceptors (Lipinski definition) is 7. The molecule has 0 saturated carbocycles. The van der Waals surface area contributed by atoms with Gasteiger partial charge in [0.25, 0.3) is 0 Å². The first-order valence-corrected chi connectivity index (χ1v) is 4.23. The van der Waals surface area contributed by atoms with E-state index in [0.717, 1.165) is 10.7 Å². The molecule has 1 aliphatic rings. The van der Waals surface area contributed by atoms with Gasteiger partial charge in [-0.1, -0.05) is 35.4 Å². The van der Waals surface area contributed by atoms with Crippen molar-refractivity contribution in [2.45, 2.75) is 6.54 Å². The first-order valence-electron chi connectivity index (χ1n) is 4.23. The fourth-order valence-corrected chi connectivity index (χ4v) is 1.12. The predicted molar refractivity (Wildman–Crippen MR) is 59.5 cm³/mol. The average molecular weight is 282 g/mol. The highest BCUT2D eigenvalue weighted by Gasteiger charge is 2.14. The molecule has 0 atom stereocenters. The van der Waals surface area contributed by atoms with Gasteiger partial charge >= 0.3 is 0 Å². The van der Waals surface area contributed by atoms with E-state index in [0.29, 0.717) is 6.54 Å². The molecule has 0 saturated heterocycles. The minimum absolute atomic E-state index is 0. The first-order chi connectivity index (χ1) is 7.40. The van der Waals surface area contributed by atoms with Crippen LogP contribution in [0.5, 0.6) is 0 Å². The molecular weight excluding hydrogens is 274 g/mol. The van der Waals surface area contributed by atoms with E-state index in [2.05, 4.69) is 20.9 Å². The van der Waals surface area contributed by atoms with E-state index in [-0.39, 0.29) is 17.0 Å². The summed E-state index contributed by atoms with van der Waals surface area (Å²) in [5.41, 5.74) is 1.01. The molecule has 8 heteroatoms. The van der Waals surface area contributed by atoms with Crippen LogP contribution in [0.2, 0.25) is 0 Å². The number of nitrogens with zero attached hydrogens (tertiary/aromatic N) is 7. The molecule has 0 unspecified atom stereocenters. The zero-order valence-electron chi connectivity index (χ0n) is 8.13. The smallest absolute Gasteiger partial charge is 0.169 e. The highest BCUT2D eigenvalue weighted by atomic mass is 79.9. The summed E-state index contributed by atoms with van der Waals surface area (Å²) in [4.78, 5) is 0. The number of nitriles is 1. The monoisotopic (exact) mass is 281 g/mol. The van der Waals surface area contributed by atoms with Crippen LogP contribution in [-0.2, 0) is 6.54 Å². The molecule has 1 aromatic carbocycles. The lowest BCUT2D eigenvalue weighted by Crippen LogP contribution is -2.31. The maximum atomic E-state index is 8.72. The normalized spacial score (nSPS) is 13.2.